The summed E-state index contributed by atoms with van der Waals surface area (Å²) >= 11 is 6.16. The third kappa shape index (κ3) is 2.64. The largest absolute Gasteiger partial charge is 0.375 e. The fourth-order valence-corrected chi connectivity index (χ4v) is 3.70. The molecule has 1 aromatic rings. The summed E-state index contributed by atoms with van der Waals surface area (Å²) in [6.07, 6.45) is 5.03. The van der Waals surface area contributed by atoms with Crippen LogP contribution in [0.2, 0.25) is 5.02 Å². The monoisotopic (exact) mass is 283 g/mol. The number of nitrogens with one attached hydrogen (secondary N) is 1. The topological polar surface area (TPSA) is 21.3 Å². The molecular weight excluding hydrogens is 265 g/mol. The zero-order chi connectivity index (χ0) is 13.4. The van der Waals surface area contributed by atoms with Crippen LogP contribution < -0.4 is 5.32 Å². The van der Waals surface area contributed by atoms with Crippen LogP contribution in [0.25, 0.3) is 0 Å². The molecule has 4 unspecified atom stereocenters. The van der Waals surface area contributed by atoms with E-state index in [0.29, 0.717) is 29.2 Å². The summed E-state index contributed by atoms with van der Waals surface area (Å²) < 4.78 is 19.2. The average Bonchev–Trinajstić information content (AvgIpc) is 3.02. The molecule has 0 aliphatic carbocycles. The third-order valence-electron chi connectivity index (χ3n) is 4.49. The van der Waals surface area contributed by atoms with Gasteiger partial charge >= 0.3 is 0 Å². The molecular formula is C15H19ClFNO. The highest BCUT2D eigenvalue weighted by molar-refractivity contribution is 6.31. The van der Waals surface area contributed by atoms with Crippen LogP contribution in [0.15, 0.2) is 18.2 Å². The van der Waals surface area contributed by atoms with Gasteiger partial charge in [-0.2, -0.15) is 0 Å². The number of fused-ring (bicyclic) bond motifs is 2. The first-order valence-corrected chi connectivity index (χ1v) is 7.32. The minimum Gasteiger partial charge on any atom is -0.375 e. The summed E-state index contributed by atoms with van der Waals surface area (Å²) in [6.45, 7) is 0. The van der Waals surface area contributed by atoms with E-state index in [1.165, 1.54) is 12.5 Å². The molecule has 0 spiro atoms. The van der Waals surface area contributed by atoms with Gasteiger partial charge in [-0.3, -0.25) is 0 Å². The van der Waals surface area contributed by atoms with Gasteiger partial charge in [-0.15, -0.1) is 0 Å². The van der Waals surface area contributed by atoms with E-state index in [1.807, 2.05) is 7.05 Å². The molecule has 2 aliphatic heterocycles. The van der Waals surface area contributed by atoms with Crippen molar-refractivity contribution in [2.75, 3.05) is 7.05 Å². The number of rotatable bonds is 4. The number of halogens is 2. The van der Waals surface area contributed by atoms with Gasteiger partial charge in [0.1, 0.15) is 5.82 Å². The van der Waals surface area contributed by atoms with Gasteiger partial charge < -0.3 is 10.1 Å². The Bertz CT molecular complexity index is 467. The van der Waals surface area contributed by atoms with Crippen molar-refractivity contribution in [1.29, 1.82) is 0 Å². The normalized spacial score (nSPS) is 30.8. The van der Waals surface area contributed by atoms with Gasteiger partial charge in [0, 0.05) is 17.0 Å². The highest BCUT2D eigenvalue weighted by Crippen LogP contribution is 2.41. The van der Waals surface area contributed by atoms with Gasteiger partial charge in [0.25, 0.3) is 0 Å². The van der Waals surface area contributed by atoms with Crippen LogP contribution in [0.3, 0.4) is 0 Å². The number of hydrogen-bond acceptors (Lipinski definition) is 2. The highest BCUT2D eigenvalue weighted by Gasteiger charge is 2.43. The van der Waals surface area contributed by atoms with E-state index in [2.05, 4.69) is 5.32 Å². The molecule has 0 aromatic heterocycles. The van der Waals surface area contributed by atoms with Gasteiger partial charge in [-0.1, -0.05) is 11.6 Å². The lowest BCUT2D eigenvalue weighted by atomic mass is 9.81. The van der Waals surface area contributed by atoms with E-state index in [4.69, 9.17) is 16.3 Å². The lowest BCUT2D eigenvalue weighted by Crippen LogP contribution is -2.40. The molecule has 2 heterocycles. The van der Waals surface area contributed by atoms with E-state index >= 15 is 0 Å². The Labute approximate surface area is 118 Å². The Balaban J connectivity index is 1.74. The molecule has 4 atom stereocenters. The van der Waals surface area contributed by atoms with Crippen LogP contribution in [-0.2, 0) is 11.2 Å². The minimum atomic E-state index is -0.224. The average molecular weight is 284 g/mol. The summed E-state index contributed by atoms with van der Waals surface area (Å²) in [5.41, 5.74) is 0.879. The first-order chi connectivity index (χ1) is 9.17. The minimum absolute atomic E-state index is 0.224. The Morgan fingerprint density at radius 3 is 2.95 bits per heavy atom. The molecule has 2 saturated heterocycles. The van der Waals surface area contributed by atoms with Crippen molar-refractivity contribution < 1.29 is 9.13 Å². The fourth-order valence-electron chi connectivity index (χ4n) is 3.50. The van der Waals surface area contributed by atoms with Crippen molar-refractivity contribution in [1.82, 2.24) is 5.32 Å². The van der Waals surface area contributed by atoms with Gasteiger partial charge in [0.15, 0.2) is 0 Å². The van der Waals surface area contributed by atoms with Crippen molar-refractivity contribution in [3.8, 4) is 0 Å². The molecule has 2 fully saturated rings. The van der Waals surface area contributed by atoms with Gasteiger partial charge in [0.2, 0.25) is 0 Å². The van der Waals surface area contributed by atoms with Crippen LogP contribution in [0, 0.1) is 11.7 Å². The summed E-state index contributed by atoms with van der Waals surface area (Å²) in [6, 6.07) is 4.88. The predicted molar refractivity (Wildman–Crippen MR) is 74.0 cm³/mol. The van der Waals surface area contributed by atoms with Crippen LogP contribution in [-0.4, -0.2) is 25.3 Å². The summed E-state index contributed by atoms with van der Waals surface area (Å²) in [5, 5.41) is 4.01. The molecule has 104 valence electrons. The molecule has 19 heavy (non-hydrogen) atoms. The second kappa shape index (κ2) is 5.39. The van der Waals surface area contributed by atoms with E-state index in [0.717, 1.165) is 24.8 Å². The summed E-state index contributed by atoms with van der Waals surface area (Å²) in [7, 11) is 1.96. The van der Waals surface area contributed by atoms with E-state index in [1.54, 1.807) is 12.1 Å². The number of likely N-dealkylation sites (N-methyl/N-ethyl adjacent to an activating group) is 1. The van der Waals surface area contributed by atoms with Crippen molar-refractivity contribution >= 4 is 11.6 Å². The number of hydrogen-bond donors (Lipinski definition) is 1. The molecule has 2 nitrogen and oxygen atoms in total. The molecule has 1 aromatic carbocycles. The maximum absolute atomic E-state index is 13.3. The van der Waals surface area contributed by atoms with Crippen molar-refractivity contribution in [2.24, 2.45) is 5.92 Å². The molecule has 2 aliphatic rings. The number of ether oxygens (including phenoxy) is 1. The predicted octanol–water partition coefficient (Wildman–Crippen LogP) is 3.18. The van der Waals surface area contributed by atoms with Gasteiger partial charge in [-0.05, 0) is 56.5 Å². The SMILES string of the molecule is CNC(Cc1cc(F)ccc1Cl)C1CC2CCC1O2. The standard InChI is InChI=1S/C15H19ClFNO/c1-18-14(12-8-11-3-5-15(12)19-11)7-9-6-10(17)2-4-13(9)16/h2,4,6,11-12,14-15,18H,3,5,7-8H2,1H3. The summed E-state index contributed by atoms with van der Waals surface area (Å²) in [4.78, 5) is 0. The van der Waals surface area contributed by atoms with Crippen molar-refractivity contribution in [3.05, 3.63) is 34.6 Å². The zero-order valence-electron chi connectivity index (χ0n) is 11.0. The molecule has 0 amide bonds. The van der Waals surface area contributed by atoms with E-state index < -0.39 is 0 Å². The van der Waals surface area contributed by atoms with E-state index in [9.17, 15) is 4.39 Å². The maximum Gasteiger partial charge on any atom is 0.123 e. The first kappa shape index (κ1) is 13.3. The fraction of sp³-hybridized carbons (Fsp3) is 0.600. The highest BCUT2D eigenvalue weighted by atomic mass is 35.5. The smallest absolute Gasteiger partial charge is 0.123 e. The Morgan fingerprint density at radius 1 is 1.47 bits per heavy atom. The molecule has 4 heteroatoms. The third-order valence-corrected chi connectivity index (χ3v) is 4.86. The van der Waals surface area contributed by atoms with Crippen LogP contribution in [0.4, 0.5) is 4.39 Å². The Hall–Kier alpha value is -0.640. The zero-order valence-corrected chi connectivity index (χ0v) is 11.8. The van der Waals surface area contributed by atoms with Gasteiger partial charge in [0.05, 0.1) is 12.2 Å². The first-order valence-electron chi connectivity index (χ1n) is 6.94. The number of benzene rings is 1. The molecule has 0 saturated carbocycles. The lowest BCUT2D eigenvalue weighted by Gasteiger charge is -2.28. The van der Waals surface area contributed by atoms with E-state index in [-0.39, 0.29) is 5.82 Å². The van der Waals surface area contributed by atoms with Crippen LogP contribution in [0.5, 0.6) is 0 Å². The van der Waals surface area contributed by atoms with Gasteiger partial charge in [-0.25, -0.2) is 4.39 Å². The molecule has 0 radical (unpaired) electrons. The molecule has 2 bridgehead atoms. The Morgan fingerprint density at radius 2 is 2.32 bits per heavy atom. The quantitative estimate of drug-likeness (QED) is 0.916. The summed E-state index contributed by atoms with van der Waals surface area (Å²) in [5.74, 6) is 0.293. The van der Waals surface area contributed by atoms with Crippen LogP contribution >= 0.6 is 11.6 Å². The Kier molecular flexibility index (Phi) is 3.79. The second-order valence-corrected chi connectivity index (χ2v) is 6.02. The molecule has 1 N–H and O–H groups in total. The lowest BCUT2D eigenvalue weighted by molar-refractivity contribution is 0.0863. The van der Waals surface area contributed by atoms with Crippen molar-refractivity contribution in [2.45, 2.75) is 43.9 Å². The molecule has 3 rings (SSSR count). The maximum atomic E-state index is 13.3. The van der Waals surface area contributed by atoms with Crippen molar-refractivity contribution in [3.63, 3.8) is 0 Å². The second-order valence-electron chi connectivity index (χ2n) is 5.61. The van der Waals surface area contributed by atoms with Crippen LogP contribution in [0.1, 0.15) is 24.8 Å².